The van der Waals surface area contributed by atoms with Crippen molar-refractivity contribution in [1.29, 1.82) is 0 Å². The van der Waals surface area contributed by atoms with E-state index in [4.69, 9.17) is 0 Å². The average Bonchev–Trinajstić information content (AvgIpc) is 2.95. The van der Waals surface area contributed by atoms with Gasteiger partial charge in [-0.25, -0.2) is 9.97 Å². The lowest BCUT2D eigenvalue weighted by Gasteiger charge is -2.18. The van der Waals surface area contributed by atoms with Crippen molar-refractivity contribution >= 4 is 49.1 Å². The third-order valence-electron chi connectivity index (χ3n) is 6.84. The number of aromatic nitrogens is 3. The number of ketones is 1. The van der Waals surface area contributed by atoms with Gasteiger partial charge in [0, 0.05) is 34.3 Å². The lowest BCUT2D eigenvalue weighted by atomic mass is 9.84. The highest BCUT2D eigenvalue weighted by Crippen LogP contribution is 2.38. The minimum absolute atomic E-state index is 0.0942. The van der Waals surface area contributed by atoms with E-state index in [0.717, 1.165) is 44.1 Å². The van der Waals surface area contributed by atoms with E-state index in [1.807, 2.05) is 60.8 Å². The maximum atomic E-state index is 12.5. The second-order valence-corrected chi connectivity index (χ2v) is 8.87. The number of hydrogen-bond donors (Lipinski definition) is 0. The van der Waals surface area contributed by atoms with Crippen molar-refractivity contribution in [3.63, 3.8) is 0 Å². The molecule has 36 heavy (non-hydrogen) atoms. The smallest absolute Gasteiger partial charge is 0.194 e. The quantitative estimate of drug-likeness (QED) is 0.175. The maximum Gasteiger partial charge on any atom is 0.194 e. The molecular weight excluding hydrogens is 442 g/mol. The van der Waals surface area contributed by atoms with Crippen LogP contribution in [0.1, 0.15) is 15.9 Å². The number of fused-ring (bicyclic) bond motifs is 6. The molecular formula is C32H19N3O. The van der Waals surface area contributed by atoms with Gasteiger partial charge in [0.2, 0.25) is 0 Å². The Kier molecular flexibility index (Phi) is 4.57. The molecule has 0 fully saturated rings. The summed E-state index contributed by atoms with van der Waals surface area (Å²) in [7, 11) is 0. The van der Waals surface area contributed by atoms with Crippen molar-refractivity contribution in [3.05, 3.63) is 127 Å². The minimum atomic E-state index is 0.0942. The molecule has 0 N–H and O–H groups in total. The monoisotopic (exact) mass is 461 g/mol. The van der Waals surface area contributed by atoms with E-state index in [0.29, 0.717) is 0 Å². The van der Waals surface area contributed by atoms with Crippen LogP contribution in [0.5, 0.6) is 0 Å². The van der Waals surface area contributed by atoms with E-state index in [-0.39, 0.29) is 5.78 Å². The summed E-state index contributed by atoms with van der Waals surface area (Å²) in [5.41, 5.74) is 5.53. The van der Waals surface area contributed by atoms with Crippen LogP contribution in [0.25, 0.3) is 54.5 Å². The molecule has 0 aliphatic heterocycles. The highest BCUT2D eigenvalue weighted by molar-refractivity contribution is 6.25. The second kappa shape index (κ2) is 8.07. The molecule has 2 heterocycles. The summed E-state index contributed by atoms with van der Waals surface area (Å²) >= 11 is 0. The SMILES string of the molecule is O=C1c2ccccc2-c2ccnc3cccc1c23.c1ccc2cc3c(ccc4ncncc43)cc2c1. The lowest BCUT2D eigenvalue weighted by molar-refractivity contribution is 0.104. The summed E-state index contributed by atoms with van der Waals surface area (Å²) in [6.45, 7) is 0. The van der Waals surface area contributed by atoms with Gasteiger partial charge in [-0.1, -0.05) is 66.7 Å². The van der Waals surface area contributed by atoms with Gasteiger partial charge in [-0.05, 0) is 63.0 Å². The van der Waals surface area contributed by atoms with Crippen LogP contribution in [-0.2, 0) is 0 Å². The number of benzene rings is 5. The van der Waals surface area contributed by atoms with Crippen LogP contribution in [0.3, 0.4) is 0 Å². The van der Waals surface area contributed by atoms with Gasteiger partial charge in [0.1, 0.15) is 6.33 Å². The Morgan fingerprint density at radius 1 is 0.528 bits per heavy atom. The number of carbonyl (C=O) groups is 1. The van der Waals surface area contributed by atoms with Gasteiger partial charge in [0.05, 0.1) is 11.0 Å². The zero-order valence-electron chi connectivity index (χ0n) is 19.2. The van der Waals surface area contributed by atoms with E-state index in [9.17, 15) is 4.79 Å². The fourth-order valence-electron chi connectivity index (χ4n) is 5.16. The molecule has 0 amide bonds. The standard InChI is InChI=1S/C16H10N2.C16H9NO/c1-2-4-12-8-14-13(7-11(12)3-1)5-6-16-15(14)9-17-10-18-16;18-16-12-5-2-1-4-10(12)11-8-9-17-14-7-3-6-13(16)15(11)14/h1-10H;1-9H. The molecule has 7 aromatic rings. The predicted octanol–water partition coefficient (Wildman–Crippen LogP) is 7.38. The normalized spacial score (nSPS) is 11.9. The van der Waals surface area contributed by atoms with Crippen molar-refractivity contribution in [3.8, 4) is 11.1 Å². The zero-order valence-corrected chi connectivity index (χ0v) is 19.2. The number of rotatable bonds is 0. The fourth-order valence-corrected chi connectivity index (χ4v) is 5.16. The highest BCUT2D eigenvalue weighted by Gasteiger charge is 2.24. The Bertz CT molecular complexity index is 1970. The Balaban J connectivity index is 0.000000122. The van der Waals surface area contributed by atoms with Gasteiger partial charge < -0.3 is 0 Å². The average molecular weight is 462 g/mol. The molecule has 0 spiro atoms. The molecule has 0 bridgehead atoms. The Hall–Kier alpha value is -4.96. The molecule has 1 aliphatic rings. The van der Waals surface area contributed by atoms with E-state index in [1.54, 1.807) is 12.5 Å². The van der Waals surface area contributed by atoms with E-state index < -0.39 is 0 Å². The predicted molar refractivity (Wildman–Crippen MR) is 145 cm³/mol. The van der Waals surface area contributed by atoms with Gasteiger partial charge in [-0.2, -0.15) is 0 Å². The summed E-state index contributed by atoms with van der Waals surface area (Å²) in [6, 6.07) is 32.5. The van der Waals surface area contributed by atoms with Gasteiger partial charge in [-0.15, -0.1) is 0 Å². The topological polar surface area (TPSA) is 55.7 Å². The fraction of sp³-hybridized carbons (Fsp3) is 0. The third kappa shape index (κ3) is 3.16. The molecule has 0 radical (unpaired) electrons. The molecule has 4 nitrogen and oxygen atoms in total. The van der Waals surface area contributed by atoms with Crippen LogP contribution in [-0.4, -0.2) is 20.7 Å². The van der Waals surface area contributed by atoms with Gasteiger partial charge in [0.15, 0.2) is 5.78 Å². The van der Waals surface area contributed by atoms with Crippen LogP contribution in [0.15, 0.2) is 116 Å². The van der Waals surface area contributed by atoms with Crippen molar-refractivity contribution in [2.75, 3.05) is 0 Å². The van der Waals surface area contributed by atoms with E-state index >= 15 is 0 Å². The summed E-state index contributed by atoms with van der Waals surface area (Å²) < 4.78 is 0. The summed E-state index contributed by atoms with van der Waals surface area (Å²) in [5, 5.41) is 7.05. The van der Waals surface area contributed by atoms with Crippen LogP contribution in [0.2, 0.25) is 0 Å². The largest absolute Gasteiger partial charge is 0.289 e. The lowest BCUT2D eigenvalue weighted by Crippen LogP contribution is -2.09. The molecule has 4 heteroatoms. The molecule has 0 saturated heterocycles. The van der Waals surface area contributed by atoms with Crippen LogP contribution < -0.4 is 0 Å². The van der Waals surface area contributed by atoms with Gasteiger partial charge >= 0.3 is 0 Å². The van der Waals surface area contributed by atoms with Crippen LogP contribution in [0, 0.1) is 0 Å². The van der Waals surface area contributed by atoms with Gasteiger partial charge in [-0.3, -0.25) is 9.78 Å². The Morgan fingerprint density at radius 3 is 2.19 bits per heavy atom. The maximum absolute atomic E-state index is 12.5. The molecule has 5 aromatic carbocycles. The number of nitrogens with zero attached hydrogens (tertiary/aromatic N) is 3. The molecule has 8 rings (SSSR count). The van der Waals surface area contributed by atoms with E-state index in [2.05, 4.69) is 57.4 Å². The number of pyridine rings is 1. The highest BCUT2D eigenvalue weighted by atomic mass is 16.1. The summed E-state index contributed by atoms with van der Waals surface area (Å²) in [6.07, 6.45) is 5.28. The molecule has 0 saturated carbocycles. The second-order valence-electron chi connectivity index (χ2n) is 8.87. The van der Waals surface area contributed by atoms with Crippen molar-refractivity contribution in [1.82, 2.24) is 15.0 Å². The number of hydrogen-bond acceptors (Lipinski definition) is 4. The zero-order chi connectivity index (χ0) is 24.1. The first-order valence-electron chi connectivity index (χ1n) is 11.8. The Morgan fingerprint density at radius 2 is 1.31 bits per heavy atom. The van der Waals surface area contributed by atoms with Crippen LogP contribution >= 0.6 is 0 Å². The van der Waals surface area contributed by atoms with Crippen LogP contribution in [0.4, 0.5) is 0 Å². The molecule has 0 atom stereocenters. The number of carbonyl (C=O) groups excluding carboxylic acids is 1. The first kappa shape index (κ1) is 20.4. The molecule has 1 aliphatic carbocycles. The van der Waals surface area contributed by atoms with Crippen molar-refractivity contribution in [2.24, 2.45) is 0 Å². The first-order chi connectivity index (χ1) is 17.8. The summed E-state index contributed by atoms with van der Waals surface area (Å²) in [4.78, 5) is 25.2. The third-order valence-corrected chi connectivity index (χ3v) is 6.84. The van der Waals surface area contributed by atoms with Crippen molar-refractivity contribution < 1.29 is 4.79 Å². The van der Waals surface area contributed by atoms with Gasteiger partial charge in [0.25, 0.3) is 0 Å². The minimum Gasteiger partial charge on any atom is -0.289 e. The molecule has 0 unspecified atom stereocenters. The molecule has 2 aromatic heterocycles. The summed E-state index contributed by atoms with van der Waals surface area (Å²) in [5.74, 6) is 0.0942. The van der Waals surface area contributed by atoms with Crippen molar-refractivity contribution in [2.45, 2.75) is 0 Å². The molecule has 168 valence electrons. The first-order valence-corrected chi connectivity index (χ1v) is 11.8. The Labute approximate surface area is 206 Å². The van der Waals surface area contributed by atoms with E-state index in [1.165, 1.54) is 21.5 Å².